The molecule has 0 aromatic heterocycles. The highest BCUT2D eigenvalue weighted by molar-refractivity contribution is 6.02. The number of hydrogen-bond acceptors (Lipinski definition) is 8. The third kappa shape index (κ3) is 2.33. The van der Waals surface area contributed by atoms with Crippen LogP contribution in [0.2, 0.25) is 0 Å². The zero-order valence-electron chi connectivity index (χ0n) is 14.4. The largest absolute Gasteiger partial charge is 0.393 e. The number of halogens is 1. The molecule has 0 aromatic carbocycles. The van der Waals surface area contributed by atoms with Crippen LogP contribution < -0.4 is 5.73 Å². The summed E-state index contributed by atoms with van der Waals surface area (Å²) in [4.78, 5) is 4.01. The van der Waals surface area contributed by atoms with E-state index in [4.69, 9.17) is 19.9 Å². The molecule has 3 N–H and O–H groups in total. The van der Waals surface area contributed by atoms with Crippen LogP contribution in [0.1, 0.15) is 20.8 Å². The van der Waals surface area contributed by atoms with Crippen molar-refractivity contribution < 1.29 is 23.7 Å². The molecule has 138 valence electrons. The fraction of sp³-hybridized carbons (Fsp3) is 0.750. The monoisotopic (exact) mass is 354 g/mol. The quantitative estimate of drug-likeness (QED) is 0.747. The Hall–Kier alpha value is -1.55. The number of hydrogen-bond donors (Lipinski definition) is 2. The Morgan fingerprint density at radius 3 is 2.76 bits per heavy atom. The molecule has 4 aliphatic heterocycles. The van der Waals surface area contributed by atoms with Crippen LogP contribution in [0.4, 0.5) is 4.39 Å². The molecule has 2 saturated heterocycles. The second-order valence-electron chi connectivity index (χ2n) is 7.45. The van der Waals surface area contributed by atoms with Crippen LogP contribution in [0, 0.1) is 5.92 Å². The van der Waals surface area contributed by atoms with Crippen LogP contribution in [0.3, 0.4) is 0 Å². The van der Waals surface area contributed by atoms with Gasteiger partial charge in [-0.15, -0.1) is 0 Å². The number of ether oxygens (including phenoxy) is 3. The number of alkyl halides is 1. The number of fused-ring (bicyclic) bond motifs is 2. The molecule has 0 amide bonds. The van der Waals surface area contributed by atoms with Crippen molar-refractivity contribution in [2.45, 2.75) is 56.5 Å². The van der Waals surface area contributed by atoms with E-state index >= 15 is 0 Å². The van der Waals surface area contributed by atoms with Crippen LogP contribution in [-0.2, 0) is 14.2 Å². The lowest BCUT2D eigenvalue weighted by atomic mass is 9.91. The van der Waals surface area contributed by atoms with E-state index in [0.717, 1.165) is 0 Å². The smallest absolute Gasteiger partial charge is 0.164 e. The summed E-state index contributed by atoms with van der Waals surface area (Å²) >= 11 is 0. The fourth-order valence-corrected chi connectivity index (χ4v) is 4.18. The van der Waals surface area contributed by atoms with E-state index in [0.29, 0.717) is 11.5 Å². The van der Waals surface area contributed by atoms with Gasteiger partial charge in [-0.25, -0.2) is 9.38 Å². The second-order valence-corrected chi connectivity index (χ2v) is 7.45. The maximum atomic E-state index is 13.9. The first-order valence-corrected chi connectivity index (χ1v) is 8.39. The first-order valence-electron chi connectivity index (χ1n) is 8.39. The average molecular weight is 354 g/mol. The zero-order valence-corrected chi connectivity index (χ0v) is 14.4. The number of rotatable bonds is 3. The SMILES string of the molecule is CC1C=C2C(N)=NC=NN2C1[C@@H]1O[C@@](CO)(CF)[C@H]2OC(C)(C)O[C@@H]12. The van der Waals surface area contributed by atoms with Crippen molar-refractivity contribution in [2.24, 2.45) is 21.7 Å². The molecule has 4 rings (SSSR count). The molecule has 2 unspecified atom stereocenters. The molecule has 0 aliphatic carbocycles. The molecule has 4 heterocycles. The molecular formula is C16H23FN4O4. The predicted octanol–water partition coefficient (Wildman–Crippen LogP) is 0.124. The molecule has 4 aliphatic rings. The minimum atomic E-state index is -1.44. The maximum Gasteiger partial charge on any atom is 0.164 e. The summed E-state index contributed by atoms with van der Waals surface area (Å²) in [6.07, 6.45) is 1.59. The van der Waals surface area contributed by atoms with E-state index in [1.54, 1.807) is 18.9 Å². The van der Waals surface area contributed by atoms with Crippen molar-refractivity contribution in [1.82, 2.24) is 5.01 Å². The van der Waals surface area contributed by atoms with Gasteiger partial charge in [-0.05, 0) is 13.8 Å². The van der Waals surface area contributed by atoms with Crippen molar-refractivity contribution in [1.29, 1.82) is 0 Å². The lowest BCUT2D eigenvalue weighted by Crippen LogP contribution is -2.49. The third-order valence-electron chi connectivity index (χ3n) is 5.30. The van der Waals surface area contributed by atoms with Gasteiger partial charge in [0.25, 0.3) is 0 Å². The molecule has 0 radical (unpaired) electrons. The van der Waals surface area contributed by atoms with Gasteiger partial charge in [-0.1, -0.05) is 13.0 Å². The number of aliphatic imine (C=N–C) groups is 1. The van der Waals surface area contributed by atoms with Crippen molar-refractivity contribution in [3.05, 3.63) is 11.8 Å². The molecule has 0 bridgehead atoms. The fourth-order valence-electron chi connectivity index (χ4n) is 4.18. The Morgan fingerprint density at radius 1 is 1.32 bits per heavy atom. The number of nitrogens with two attached hydrogens (primary N) is 1. The Kier molecular flexibility index (Phi) is 3.70. The lowest BCUT2D eigenvalue weighted by Gasteiger charge is -2.36. The predicted molar refractivity (Wildman–Crippen MR) is 87.5 cm³/mol. The normalized spacial score (nSPS) is 44.5. The molecule has 0 spiro atoms. The van der Waals surface area contributed by atoms with Crippen LogP contribution >= 0.6 is 0 Å². The van der Waals surface area contributed by atoms with Gasteiger partial charge in [-0.2, -0.15) is 5.10 Å². The van der Waals surface area contributed by atoms with Crippen LogP contribution in [0.15, 0.2) is 21.9 Å². The van der Waals surface area contributed by atoms with E-state index in [1.807, 2.05) is 13.0 Å². The second kappa shape index (κ2) is 5.47. The summed E-state index contributed by atoms with van der Waals surface area (Å²) in [5.74, 6) is -0.482. The minimum absolute atomic E-state index is 0.0195. The highest BCUT2D eigenvalue weighted by Gasteiger charge is 2.65. The Labute approximate surface area is 145 Å². The lowest BCUT2D eigenvalue weighted by molar-refractivity contribution is -0.225. The standard InChI is InChI=1S/C16H23FN4O4/c1-8-4-9-14(18)19-7-20-21(9)10(8)11-12-13(25-15(2,3)23-12)16(5-17,6-22)24-11/h4,7-8,10-13,22H,5-6H2,1-3H3,(H2,18,19,20)/t8?,10?,11-,12-,13-,16+/m0/s1. The molecule has 8 nitrogen and oxygen atoms in total. The van der Waals surface area contributed by atoms with Crippen molar-refractivity contribution >= 4 is 12.2 Å². The average Bonchev–Trinajstić information content (AvgIpc) is 3.15. The first-order chi connectivity index (χ1) is 11.8. The van der Waals surface area contributed by atoms with Gasteiger partial charge in [0.1, 0.15) is 36.9 Å². The Balaban J connectivity index is 1.69. The number of aliphatic hydroxyl groups is 1. The molecule has 0 aromatic rings. The molecule has 9 heteroatoms. The summed E-state index contributed by atoms with van der Waals surface area (Å²) in [5, 5.41) is 15.9. The van der Waals surface area contributed by atoms with Crippen molar-refractivity contribution in [3.63, 3.8) is 0 Å². The van der Waals surface area contributed by atoms with Crippen LogP contribution in [0.5, 0.6) is 0 Å². The van der Waals surface area contributed by atoms with Gasteiger partial charge in [-0.3, -0.25) is 5.01 Å². The summed E-state index contributed by atoms with van der Waals surface area (Å²) < 4.78 is 31.8. The summed E-state index contributed by atoms with van der Waals surface area (Å²) in [7, 11) is 0. The van der Waals surface area contributed by atoms with E-state index in [1.165, 1.54) is 6.34 Å². The summed E-state index contributed by atoms with van der Waals surface area (Å²) in [6.45, 7) is 4.19. The van der Waals surface area contributed by atoms with Gasteiger partial charge >= 0.3 is 0 Å². The van der Waals surface area contributed by atoms with Crippen LogP contribution in [0.25, 0.3) is 0 Å². The molecule has 6 atom stereocenters. The van der Waals surface area contributed by atoms with E-state index in [2.05, 4.69) is 10.1 Å². The Morgan fingerprint density at radius 2 is 2.08 bits per heavy atom. The van der Waals surface area contributed by atoms with E-state index in [9.17, 15) is 9.50 Å². The van der Waals surface area contributed by atoms with Gasteiger partial charge in [0.05, 0.1) is 18.3 Å². The number of nitrogens with zero attached hydrogens (tertiary/aromatic N) is 3. The van der Waals surface area contributed by atoms with E-state index < -0.39 is 43.0 Å². The number of amidine groups is 1. The molecule has 25 heavy (non-hydrogen) atoms. The van der Waals surface area contributed by atoms with Crippen molar-refractivity contribution in [3.8, 4) is 0 Å². The number of hydrazone groups is 1. The molecular weight excluding hydrogens is 331 g/mol. The molecule has 0 saturated carbocycles. The summed E-state index contributed by atoms with van der Waals surface area (Å²) in [6, 6.07) is -0.259. The summed E-state index contributed by atoms with van der Waals surface area (Å²) in [5.41, 5.74) is 5.22. The third-order valence-corrected chi connectivity index (χ3v) is 5.30. The van der Waals surface area contributed by atoms with Gasteiger partial charge in [0.15, 0.2) is 11.6 Å². The van der Waals surface area contributed by atoms with Gasteiger partial charge in [0, 0.05) is 5.92 Å². The van der Waals surface area contributed by atoms with Gasteiger partial charge < -0.3 is 25.1 Å². The van der Waals surface area contributed by atoms with E-state index in [-0.39, 0.29) is 12.0 Å². The highest BCUT2D eigenvalue weighted by Crippen LogP contribution is 2.48. The highest BCUT2D eigenvalue weighted by atomic mass is 19.1. The first kappa shape index (κ1) is 16.9. The topological polar surface area (TPSA) is 102 Å². The maximum absolute atomic E-state index is 13.9. The Bertz CT molecular complexity index is 661. The zero-order chi connectivity index (χ0) is 18.0. The number of aliphatic hydroxyl groups excluding tert-OH is 1. The minimum Gasteiger partial charge on any atom is -0.393 e. The molecule has 2 fully saturated rings. The van der Waals surface area contributed by atoms with Gasteiger partial charge in [0.2, 0.25) is 0 Å². The van der Waals surface area contributed by atoms with Crippen molar-refractivity contribution in [2.75, 3.05) is 13.3 Å². The van der Waals surface area contributed by atoms with Crippen LogP contribution in [-0.4, -0.2) is 71.3 Å².